The average Bonchev–Trinajstić information content (AvgIpc) is 3.18. The molecule has 2 heterocycles. The number of thiazole rings is 1. The molecular formula is C17H14N2O4S. The van der Waals surface area contributed by atoms with Crippen LogP contribution in [-0.4, -0.2) is 24.3 Å². The predicted molar refractivity (Wildman–Crippen MR) is 91.3 cm³/mol. The monoisotopic (exact) mass is 342 g/mol. The molecule has 3 aromatic rings. The molecule has 122 valence electrons. The Morgan fingerprint density at radius 3 is 2.75 bits per heavy atom. The van der Waals surface area contributed by atoms with E-state index < -0.39 is 0 Å². The van der Waals surface area contributed by atoms with Crippen molar-refractivity contribution in [2.45, 2.75) is 6.92 Å². The van der Waals surface area contributed by atoms with Gasteiger partial charge in [0.25, 0.3) is 5.91 Å². The van der Waals surface area contributed by atoms with Crippen molar-refractivity contribution in [1.29, 1.82) is 0 Å². The zero-order valence-corrected chi connectivity index (χ0v) is 13.7. The second-order valence-electron chi connectivity index (χ2n) is 5.10. The van der Waals surface area contributed by atoms with Crippen LogP contribution in [0.1, 0.15) is 17.3 Å². The van der Waals surface area contributed by atoms with E-state index in [1.807, 2.05) is 19.1 Å². The molecular weight excluding hydrogens is 328 g/mol. The molecule has 0 bridgehead atoms. The highest BCUT2D eigenvalue weighted by atomic mass is 32.1. The molecule has 0 radical (unpaired) electrons. The number of carbonyl (C=O) groups excluding carboxylic acids is 1. The summed E-state index contributed by atoms with van der Waals surface area (Å²) in [4.78, 5) is 16.8. The predicted octanol–water partition coefficient (Wildman–Crippen LogP) is 3.68. The van der Waals surface area contributed by atoms with Crippen molar-refractivity contribution in [3.05, 3.63) is 42.0 Å². The SMILES string of the molecule is CCOc1ccc(C(=O)Nc2nc3cc4c(cc3s2)OCO4)cc1. The molecule has 6 nitrogen and oxygen atoms in total. The molecule has 24 heavy (non-hydrogen) atoms. The van der Waals surface area contributed by atoms with Crippen molar-refractivity contribution in [1.82, 2.24) is 4.98 Å². The summed E-state index contributed by atoms with van der Waals surface area (Å²) in [5, 5.41) is 3.35. The maximum atomic E-state index is 12.3. The van der Waals surface area contributed by atoms with Crippen LogP contribution in [0.3, 0.4) is 0 Å². The fourth-order valence-corrected chi connectivity index (χ4v) is 3.28. The smallest absolute Gasteiger partial charge is 0.257 e. The van der Waals surface area contributed by atoms with Gasteiger partial charge in [-0.15, -0.1) is 0 Å². The lowest BCUT2D eigenvalue weighted by molar-refractivity contribution is 0.102. The van der Waals surface area contributed by atoms with Crippen LogP contribution in [0.4, 0.5) is 5.13 Å². The number of aromatic nitrogens is 1. The fourth-order valence-electron chi connectivity index (χ4n) is 2.41. The molecule has 1 aliphatic heterocycles. The summed E-state index contributed by atoms with van der Waals surface area (Å²) < 4.78 is 17.0. The highest BCUT2D eigenvalue weighted by Gasteiger charge is 2.17. The zero-order valence-electron chi connectivity index (χ0n) is 12.9. The zero-order chi connectivity index (χ0) is 16.5. The largest absolute Gasteiger partial charge is 0.494 e. The number of hydrogen-bond donors (Lipinski definition) is 1. The molecule has 0 spiro atoms. The number of amides is 1. The second-order valence-corrected chi connectivity index (χ2v) is 6.13. The van der Waals surface area contributed by atoms with Crippen molar-refractivity contribution in [2.75, 3.05) is 18.7 Å². The van der Waals surface area contributed by atoms with Gasteiger partial charge in [0.05, 0.1) is 16.8 Å². The van der Waals surface area contributed by atoms with Gasteiger partial charge in [0.15, 0.2) is 16.6 Å². The minimum atomic E-state index is -0.211. The number of fused-ring (bicyclic) bond motifs is 2. The lowest BCUT2D eigenvalue weighted by atomic mass is 10.2. The van der Waals surface area contributed by atoms with E-state index in [9.17, 15) is 4.79 Å². The van der Waals surface area contributed by atoms with Gasteiger partial charge < -0.3 is 14.2 Å². The van der Waals surface area contributed by atoms with Crippen LogP contribution in [0.2, 0.25) is 0 Å². The Balaban J connectivity index is 1.54. The van der Waals surface area contributed by atoms with Crippen LogP contribution >= 0.6 is 11.3 Å². The summed E-state index contributed by atoms with van der Waals surface area (Å²) in [5.74, 6) is 1.91. The number of nitrogens with zero attached hydrogens (tertiary/aromatic N) is 1. The van der Waals surface area contributed by atoms with E-state index in [2.05, 4.69) is 10.3 Å². The first-order valence-corrected chi connectivity index (χ1v) is 8.29. The lowest BCUT2D eigenvalue weighted by Gasteiger charge is -2.04. The first-order chi connectivity index (χ1) is 11.7. The normalized spacial score (nSPS) is 12.4. The van der Waals surface area contributed by atoms with Gasteiger partial charge in [-0.2, -0.15) is 0 Å². The van der Waals surface area contributed by atoms with Gasteiger partial charge in [0, 0.05) is 17.7 Å². The Bertz CT molecular complexity index is 864. The molecule has 0 saturated carbocycles. The fraction of sp³-hybridized carbons (Fsp3) is 0.176. The van der Waals surface area contributed by atoms with E-state index >= 15 is 0 Å². The maximum absolute atomic E-state index is 12.3. The van der Waals surface area contributed by atoms with Gasteiger partial charge in [-0.05, 0) is 31.2 Å². The topological polar surface area (TPSA) is 69.7 Å². The number of ether oxygens (including phenoxy) is 3. The first kappa shape index (κ1) is 14.8. The highest BCUT2D eigenvalue weighted by Crippen LogP contribution is 2.39. The van der Waals surface area contributed by atoms with Crippen molar-refractivity contribution in [3.8, 4) is 17.2 Å². The number of carbonyl (C=O) groups is 1. The molecule has 2 aromatic carbocycles. The third-order valence-corrected chi connectivity index (χ3v) is 4.46. The van der Waals surface area contributed by atoms with Crippen molar-refractivity contribution < 1.29 is 19.0 Å². The first-order valence-electron chi connectivity index (χ1n) is 7.47. The molecule has 7 heteroatoms. The van der Waals surface area contributed by atoms with Gasteiger partial charge in [-0.1, -0.05) is 11.3 Å². The molecule has 1 amide bonds. The molecule has 0 atom stereocenters. The van der Waals surface area contributed by atoms with Crippen LogP contribution in [-0.2, 0) is 0 Å². The van der Waals surface area contributed by atoms with E-state index in [4.69, 9.17) is 14.2 Å². The number of anilines is 1. The number of benzene rings is 2. The Morgan fingerprint density at radius 1 is 1.25 bits per heavy atom. The van der Waals surface area contributed by atoms with Crippen molar-refractivity contribution >= 4 is 32.6 Å². The standard InChI is InChI=1S/C17H14N2O4S/c1-2-21-11-5-3-10(4-6-11)16(20)19-17-18-12-7-13-14(23-9-22-13)8-15(12)24-17/h3-8H,2,9H2,1H3,(H,18,19,20). The highest BCUT2D eigenvalue weighted by molar-refractivity contribution is 7.22. The molecule has 0 fully saturated rings. The number of hydrogen-bond acceptors (Lipinski definition) is 6. The summed E-state index contributed by atoms with van der Waals surface area (Å²) in [6.45, 7) is 2.74. The molecule has 1 aromatic heterocycles. The maximum Gasteiger partial charge on any atom is 0.257 e. The van der Waals surface area contributed by atoms with Crippen LogP contribution < -0.4 is 19.5 Å². The van der Waals surface area contributed by atoms with Crippen molar-refractivity contribution in [2.24, 2.45) is 0 Å². The van der Waals surface area contributed by atoms with Gasteiger partial charge in [0.1, 0.15) is 5.75 Å². The van der Waals surface area contributed by atoms with Gasteiger partial charge in [-0.25, -0.2) is 4.98 Å². The molecule has 0 saturated heterocycles. The van der Waals surface area contributed by atoms with Crippen LogP contribution in [0.5, 0.6) is 17.2 Å². The van der Waals surface area contributed by atoms with Gasteiger partial charge in [0.2, 0.25) is 6.79 Å². The van der Waals surface area contributed by atoms with E-state index in [-0.39, 0.29) is 12.7 Å². The van der Waals surface area contributed by atoms with Crippen LogP contribution in [0.25, 0.3) is 10.2 Å². The summed E-state index contributed by atoms with van der Waals surface area (Å²) in [6, 6.07) is 10.7. The number of rotatable bonds is 4. The van der Waals surface area contributed by atoms with Crippen molar-refractivity contribution in [3.63, 3.8) is 0 Å². The molecule has 0 unspecified atom stereocenters. The van der Waals surface area contributed by atoms with Gasteiger partial charge >= 0.3 is 0 Å². The number of nitrogens with one attached hydrogen (secondary N) is 1. The van der Waals surface area contributed by atoms with E-state index in [0.29, 0.717) is 28.8 Å². The molecule has 1 N–H and O–H groups in total. The molecule has 0 aliphatic carbocycles. The lowest BCUT2D eigenvalue weighted by Crippen LogP contribution is -2.11. The Labute approximate surface area is 142 Å². The second kappa shape index (κ2) is 6.01. The molecule has 1 aliphatic rings. The van der Waals surface area contributed by atoms with E-state index in [1.165, 1.54) is 11.3 Å². The summed E-state index contributed by atoms with van der Waals surface area (Å²) in [5.41, 5.74) is 1.32. The summed E-state index contributed by atoms with van der Waals surface area (Å²) >= 11 is 1.39. The minimum absolute atomic E-state index is 0.211. The van der Waals surface area contributed by atoms with E-state index in [1.54, 1.807) is 24.3 Å². The molecule has 4 rings (SSSR count). The average molecular weight is 342 g/mol. The Hall–Kier alpha value is -2.80. The van der Waals surface area contributed by atoms with Crippen LogP contribution in [0, 0.1) is 0 Å². The summed E-state index contributed by atoms with van der Waals surface area (Å²) in [6.07, 6.45) is 0. The quantitative estimate of drug-likeness (QED) is 0.783. The minimum Gasteiger partial charge on any atom is -0.494 e. The van der Waals surface area contributed by atoms with E-state index in [0.717, 1.165) is 16.0 Å². The third-order valence-electron chi connectivity index (χ3n) is 3.53. The Morgan fingerprint density at radius 2 is 2.00 bits per heavy atom. The summed E-state index contributed by atoms with van der Waals surface area (Å²) in [7, 11) is 0. The Kier molecular flexibility index (Phi) is 3.70. The van der Waals surface area contributed by atoms with Crippen LogP contribution in [0.15, 0.2) is 36.4 Å². The van der Waals surface area contributed by atoms with Gasteiger partial charge in [-0.3, -0.25) is 10.1 Å². The third kappa shape index (κ3) is 2.74.